The molecule has 3 aliphatic heterocycles. The first kappa shape index (κ1) is 45.4. The van der Waals surface area contributed by atoms with E-state index in [9.17, 15) is 30.3 Å². The number of aliphatic hydroxyl groups excluding tert-OH is 3. The lowest BCUT2D eigenvalue weighted by atomic mass is 9.77. The monoisotopic (exact) mass is 749 g/mol. The minimum atomic E-state index is -1.80. The van der Waals surface area contributed by atoms with Crippen molar-refractivity contribution < 1.29 is 58.7 Å². The Morgan fingerprint density at radius 3 is 2.12 bits per heavy atom. The van der Waals surface area contributed by atoms with E-state index in [0.717, 1.165) is 0 Å². The number of hydrogen-bond donors (Lipinski definition) is 5. The summed E-state index contributed by atoms with van der Waals surface area (Å²) in [6.07, 6.45) is -8.19. The molecule has 0 aromatic carbocycles. The van der Waals surface area contributed by atoms with Crippen LogP contribution in [0.5, 0.6) is 0 Å². The van der Waals surface area contributed by atoms with Gasteiger partial charge in [0.2, 0.25) is 0 Å². The van der Waals surface area contributed by atoms with Gasteiger partial charge in [0.05, 0.1) is 41.5 Å². The van der Waals surface area contributed by atoms with Crippen LogP contribution in [0.15, 0.2) is 0 Å². The molecule has 0 bridgehead atoms. The van der Waals surface area contributed by atoms with Crippen molar-refractivity contribution in [2.75, 3.05) is 34.8 Å². The summed E-state index contributed by atoms with van der Waals surface area (Å²) in [5.74, 6) is -2.58. The summed E-state index contributed by atoms with van der Waals surface area (Å²) in [6.45, 7) is 18.0. The Balaban J connectivity index is 2.17. The first-order valence-electron chi connectivity index (χ1n) is 19.1. The first-order chi connectivity index (χ1) is 23.9. The van der Waals surface area contributed by atoms with Crippen LogP contribution >= 0.6 is 0 Å². The number of aliphatic hydroxyl groups is 5. The topological polar surface area (TPSA) is 180 Å². The Morgan fingerprint density at radius 2 is 1.56 bits per heavy atom. The van der Waals surface area contributed by atoms with E-state index in [-0.39, 0.29) is 37.3 Å². The molecule has 18 atom stereocenters. The van der Waals surface area contributed by atoms with Crippen LogP contribution in [0.1, 0.15) is 94.9 Å². The number of carbonyl (C=O) groups is 1. The van der Waals surface area contributed by atoms with Gasteiger partial charge in [0.15, 0.2) is 12.6 Å². The molecule has 0 amide bonds. The van der Waals surface area contributed by atoms with Crippen molar-refractivity contribution >= 4 is 5.97 Å². The summed E-state index contributed by atoms with van der Waals surface area (Å²) < 4.78 is 37.5. The minimum Gasteiger partial charge on any atom is -0.459 e. The number of carbonyl (C=O) groups excluding carboxylic acids is 1. The van der Waals surface area contributed by atoms with E-state index in [1.165, 1.54) is 14.0 Å². The van der Waals surface area contributed by atoms with Gasteiger partial charge in [-0.3, -0.25) is 4.79 Å². The molecule has 2 unspecified atom stereocenters. The number of ether oxygens (including phenoxy) is 6. The maximum atomic E-state index is 14.2. The molecule has 3 rings (SSSR count). The molecular formula is C38H72N2O12. The predicted molar refractivity (Wildman–Crippen MR) is 194 cm³/mol. The van der Waals surface area contributed by atoms with Crippen LogP contribution in [0.4, 0.5) is 0 Å². The fourth-order valence-electron chi connectivity index (χ4n) is 8.74. The van der Waals surface area contributed by atoms with Gasteiger partial charge in [-0.1, -0.05) is 20.8 Å². The number of esters is 1. The highest BCUT2D eigenvalue weighted by Crippen LogP contribution is 2.40. The van der Waals surface area contributed by atoms with E-state index in [1.54, 1.807) is 41.5 Å². The highest BCUT2D eigenvalue weighted by Gasteiger charge is 2.52. The van der Waals surface area contributed by atoms with E-state index in [2.05, 4.69) is 0 Å². The Labute approximate surface area is 312 Å². The first-order valence-corrected chi connectivity index (χ1v) is 19.1. The largest absolute Gasteiger partial charge is 0.459 e. The van der Waals surface area contributed by atoms with Gasteiger partial charge in [-0.05, 0) is 94.8 Å². The average Bonchev–Trinajstić information content (AvgIpc) is 3.05. The molecule has 0 aromatic heterocycles. The summed E-state index contributed by atoms with van der Waals surface area (Å²) >= 11 is 0. The molecule has 0 spiro atoms. The lowest BCUT2D eigenvalue weighted by Crippen LogP contribution is -2.60. The summed E-state index contributed by atoms with van der Waals surface area (Å²) in [5, 5.41) is 58.1. The summed E-state index contributed by atoms with van der Waals surface area (Å²) in [5.41, 5.74) is -4.37. The van der Waals surface area contributed by atoms with Crippen molar-refractivity contribution in [2.24, 2.45) is 17.8 Å². The zero-order valence-electron chi connectivity index (χ0n) is 34.2. The predicted octanol–water partition coefficient (Wildman–Crippen LogP) is 1.90. The van der Waals surface area contributed by atoms with E-state index in [1.807, 2.05) is 51.7 Å². The van der Waals surface area contributed by atoms with Gasteiger partial charge in [-0.2, -0.15) is 0 Å². The Hall–Kier alpha value is -1.01. The third-order valence-electron chi connectivity index (χ3n) is 12.2. The highest BCUT2D eigenvalue weighted by molar-refractivity contribution is 5.73. The molecule has 0 aromatic rings. The molecule has 52 heavy (non-hydrogen) atoms. The van der Waals surface area contributed by atoms with Crippen molar-refractivity contribution in [1.29, 1.82) is 0 Å². The summed E-state index contributed by atoms with van der Waals surface area (Å²) in [6, 6.07) is -0.808. The molecule has 3 aliphatic rings. The van der Waals surface area contributed by atoms with Crippen LogP contribution < -0.4 is 0 Å². The maximum absolute atomic E-state index is 14.2. The number of methoxy groups -OCH3 is 1. The van der Waals surface area contributed by atoms with Gasteiger partial charge in [0.1, 0.15) is 30.0 Å². The van der Waals surface area contributed by atoms with Gasteiger partial charge in [0, 0.05) is 38.1 Å². The van der Waals surface area contributed by atoms with Gasteiger partial charge < -0.3 is 63.8 Å². The van der Waals surface area contributed by atoms with E-state index in [0.29, 0.717) is 13.0 Å². The lowest BCUT2D eigenvalue weighted by Gasteiger charge is -2.48. The molecule has 3 saturated heterocycles. The molecule has 3 fully saturated rings. The second-order valence-corrected chi connectivity index (χ2v) is 17.2. The molecule has 0 aliphatic carbocycles. The molecule has 5 N–H and O–H groups in total. The molecule has 3 heterocycles. The van der Waals surface area contributed by atoms with Crippen LogP contribution in [0.25, 0.3) is 0 Å². The average molecular weight is 749 g/mol. The van der Waals surface area contributed by atoms with Crippen molar-refractivity contribution in [1.82, 2.24) is 9.80 Å². The number of likely N-dealkylation sites (N-methyl/N-ethyl adjacent to an activating group) is 2. The van der Waals surface area contributed by atoms with Crippen molar-refractivity contribution in [3.8, 4) is 0 Å². The second kappa shape index (κ2) is 17.8. The number of nitrogens with zero attached hydrogens (tertiary/aromatic N) is 2. The zero-order valence-corrected chi connectivity index (χ0v) is 34.2. The quantitative estimate of drug-likeness (QED) is 0.238. The lowest BCUT2D eigenvalue weighted by molar-refractivity contribution is -0.318. The summed E-state index contributed by atoms with van der Waals surface area (Å²) in [7, 11) is 7.12. The molecule has 14 nitrogen and oxygen atoms in total. The van der Waals surface area contributed by atoms with Gasteiger partial charge >= 0.3 is 5.97 Å². The fraction of sp³-hybridized carbons (Fsp3) is 0.974. The van der Waals surface area contributed by atoms with E-state index < -0.39 is 96.0 Å². The normalized spacial score (nSPS) is 49.6. The standard InChI is InChI=1S/C38H72N2O12/c1-15-27-38(10,46)31(42)24(6)40(13)19-20(2)17-36(8,45)33(52-35-29(41)26(39(11)12)16-21(3)48-35)22(4)30(23(5)34(44)50-27)51-28-18-37(9,47-14)32(43)25(7)49-28/h20-33,35,41-43,45-46H,15-19H2,1-14H3/t20-,21-,22+,23-,24-,25+,26+,27?,28+,29-,30+,31-,32+,33-,35+,36?,37-,38-/m1/s1. The third kappa shape index (κ3) is 10.0. The number of hydrogen-bond acceptors (Lipinski definition) is 14. The van der Waals surface area contributed by atoms with E-state index in [4.69, 9.17) is 28.4 Å². The number of rotatable bonds is 7. The third-order valence-corrected chi connectivity index (χ3v) is 12.2. The molecule has 14 heteroatoms. The highest BCUT2D eigenvalue weighted by atomic mass is 16.7. The molecule has 0 saturated carbocycles. The zero-order chi connectivity index (χ0) is 39.7. The van der Waals surface area contributed by atoms with Crippen molar-refractivity contribution in [3.63, 3.8) is 0 Å². The van der Waals surface area contributed by atoms with Crippen LogP contribution in [0.3, 0.4) is 0 Å². The SMILES string of the molecule is CCC1OC(=O)[C@H](C)[C@@H](O[C@H]2C[C@@](C)(OC)[C@@H](O)[C@H](C)O2)[C@H](C)[C@@H](O[C@@H]2O[C@H](C)C[C@H](N(C)C)[C@H]2O)C(C)(O)C[C@@H](C)CN(C)[C@H](C)[C@@H](O)[C@]1(C)O. The van der Waals surface area contributed by atoms with Crippen molar-refractivity contribution in [2.45, 2.75) is 185 Å². The van der Waals surface area contributed by atoms with Gasteiger partial charge in [-0.25, -0.2) is 0 Å². The Kier molecular flexibility index (Phi) is 15.6. The smallest absolute Gasteiger partial charge is 0.311 e. The van der Waals surface area contributed by atoms with Crippen LogP contribution in [0, 0.1) is 17.8 Å². The van der Waals surface area contributed by atoms with E-state index >= 15 is 0 Å². The fourth-order valence-corrected chi connectivity index (χ4v) is 8.74. The van der Waals surface area contributed by atoms with Crippen LogP contribution in [0.2, 0.25) is 0 Å². The maximum Gasteiger partial charge on any atom is 0.311 e. The molecular weight excluding hydrogens is 676 g/mol. The second-order valence-electron chi connectivity index (χ2n) is 17.2. The van der Waals surface area contributed by atoms with Crippen LogP contribution in [-0.4, -0.2) is 166 Å². The van der Waals surface area contributed by atoms with Gasteiger partial charge in [-0.15, -0.1) is 0 Å². The Bertz CT molecular complexity index is 1140. The van der Waals surface area contributed by atoms with Crippen molar-refractivity contribution in [3.05, 3.63) is 0 Å². The molecule has 0 radical (unpaired) electrons. The Morgan fingerprint density at radius 1 is 0.942 bits per heavy atom. The van der Waals surface area contributed by atoms with Crippen LogP contribution in [-0.2, 0) is 33.2 Å². The number of cyclic esters (lactones) is 1. The van der Waals surface area contributed by atoms with Gasteiger partial charge in [0.25, 0.3) is 0 Å². The molecule has 306 valence electrons. The summed E-state index contributed by atoms with van der Waals surface area (Å²) in [4.78, 5) is 18.0. The minimum absolute atomic E-state index is 0.133.